The van der Waals surface area contributed by atoms with Crippen LogP contribution in [0.1, 0.15) is 11.3 Å². The van der Waals surface area contributed by atoms with Crippen LogP contribution in [-0.4, -0.2) is 24.4 Å². The number of hydrogen-bond donors (Lipinski definition) is 2. The van der Waals surface area contributed by atoms with Crippen LogP contribution in [0.5, 0.6) is 0 Å². The third-order valence-corrected chi connectivity index (χ3v) is 3.85. The highest BCUT2D eigenvalue weighted by Crippen LogP contribution is 2.17. The molecule has 0 saturated carbocycles. The van der Waals surface area contributed by atoms with Crippen molar-refractivity contribution in [2.45, 2.75) is 13.0 Å². The number of nitrogens with zero attached hydrogens (tertiary/aromatic N) is 1. The minimum Gasteiger partial charge on any atom is -0.399 e. The van der Waals surface area contributed by atoms with Crippen LogP contribution in [0.15, 0.2) is 35.7 Å². The van der Waals surface area contributed by atoms with E-state index in [0.29, 0.717) is 18.7 Å². The fraction of sp³-hybridized carbons (Fsp3) is 0.267. The lowest BCUT2D eigenvalue weighted by atomic mass is 10.2. The highest BCUT2D eigenvalue weighted by Gasteiger charge is 2.09. The molecule has 0 saturated heterocycles. The first-order valence-corrected chi connectivity index (χ1v) is 7.48. The van der Waals surface area contributed by atoms with Crippen molar-refractivity contribution in [1.29, 1.82) is 0 Å². The van der Waals surface area contributed by atoms with E-state index >= 15 is 0 Å². The van der Waals surface area contributed by atoms with Crippen LogP contribution >= 0.6 is 11.3 Å². The quantitative estimate of drug-likeness (QED) is 0.807. The maximum atomic E-state index is 13.5. The Balaban J connectivity index is 1.80. The molecule has 6 heteroatoms. The van der Waals surface area contributed by atoms with Gasteiger partial charge >= 0.3 is 0 Å². The molecule has 0 fully saturated rings. The molecule has 0 aliphatic carbocycles. The predicted octanol–water partition coefficient (Wildman–Crippen LogP) is 2.93. The summed E-state index contributed by atoms with van der Waals surface area (Å²) in [6, 6.07) is 8.18. The summed E-state index contributed by atoms with van der Waals surface area (Å²) >= 11 is 1.69. The summed E-state index contributed by atoms with van der Waals surface area (Å²) in [5.41, 5.74) is 6.12. The Labute approximate surface area is 127 Å². The van der Waals surface area contributed by atoms with Crippen molar-refractivity contribution in [3.63, 3.8) is 0 Å². The first kappa shape index (κ1) is 15.5. The summed E-state index contributed by atoms with van der Waals surface area (Å²) < 4.78 is 13.5. The van der Waals surface area contributed by atoms with Crippen LogP contribution in [0.25, 0.3) is 0 Å². The number of nitrogen functional groups attached to an aromatic ring is 1. The second-order valence-corrected chi connectivity index (χ2v) is 5.89. The zero-order valence-corrected chi connectivity index (χ0v) is 12.6. The van der Waals surface area contributed by atoms with Crippen LogP contribution < -0.4 is 11.1 Å². The average Bonchev–Trinajstić information content (AvgIpc) is 2.93. The summed E-state index contributed by atoms with van der Waals surface area (Å²) in [7, 11) is 1.95. The largest absolute Gasteiger partial charge is 0.399 e. The SMILES string of the molecule is CN(CCC(=O)Nc1cc(N)ccc1F)Cc1cccs1. The van der Waals surface area contributed by atoms with E-state index in [1.165, 1.54) is 23.1 Å². The molecule has 3 N–H and O–H groups in total. The Hall–Kier alpha value is -1.92. The zero-order chi connectivity index (χ0) is 15.2. The molecule has 1 aromatic carbocycles. The molecular weight excluding hydrogens is 289 g/mol. The maximum Gasteiger partial charge on any atom is 0.225 e. The van der Waals surface area contributed by atoms with Gasteiger partial charge in [0.2, 0.25) is 5.91 Å². The number of nitrogens with two attached hydrogens (primary N) is 1. The van der Waals surface area contributed by atoms with Gasteiger partial charge in [0.1, 0.15) is 5.82 Å². The average molecular weight is 307 g/mol. The number of amides is 1. The van der Waals surface area contributed by atoms with Gasteiger partial charge in [-0.05, 0) is 36.7 Å². The van der Waals surface area contributed by atoms with Crippen molar-refractivity contribution in [2.75, 3.05) is 24.6 Å². The van der Waals surface area contributed by atoms with Gasteiger partial charge in [-0.1, -0.05) is 6.07 Å². The van der Waals surface area contributed by atoms with Gasteiger partial charge in [-0.2, -0.15) is 0 Å². The number of nitrogens with one attached hydrogen (secondary N) is 1. The third-order valence-electron chi connectivity index (χ3n) is 2.99. The Bertz CT molecular complexity index is 601. The minimum atomic E-state index is -0.482. The van der Waals surface area contributed by atoms with Gasteiger partial charge in [0.15, 0.2) is 0 Å². The number of anilines is 2. The zero-order valence-electron chi connectivity index (χ0n) is 11.8. The lowest BCUT2D eigenvalue weighted by Gasteiger charge is -2.15. The van der Waals surface area contributed by atoms with Gasteiger partial charge in [-0.25, -0.2) is 4.39 Å². The van der Waals surface area contributed by atoms with E-state index < -0.39 is 5.82 Å². The molecule has 1 heterocycles. The molecule has 0 aliphatic rings. The number of halogens is 1. The maximum absolute atomic E-state index is 13.5. The molecule has 2 rings (SSSR count). The number of carbonyl (C=O) groups is 1. The summed E-state index contributed by atoms with van der Waals surface area (Å²) in [5, 5.41) is 4.57. The molecule has 0 spiro atoms. The highest BCUT2D eigenvalue weighted by molar-refractivity contribution is 7.09. The number of hydrogen-bond acceptors (Lipinski definition) is 4. The van der Waals surface area contributed by atoms with Crippen molar-refractivity contribution in [1.82, 2.24) is 4.90 Å². The van der Waals surface area contributed by atoms with Crippen LogP contribution in [-0.2, 0) is 11.3 Å². The molecular formula is C15H18FN3OS. The molecule has 0 radical (unpaired) electrons. The molecule has 1 amide bonds. The molecule has 0 atom stereocenters. The Kier molecular flexibility index (Phi) is 5.30. The monoisotopic (exact) mass is 307 g/mol. The lowest BCUT2D eigenvalue weighted by molar-refractivity contribution is -0.116. The molecule has 21 heavy (non-hydrogen) atoms. The van der Waals surface area contributed by atoms with Gasteiger partial charge in [-0.3, -0.25) is 4.79 Å². The highest BCUT2D eigenvalue weighted by atomic mass is 32.1. The van der Waals surface area contributed by atoms with Crippen LogP contribution in [0.3, 0.4) is 0 Å². The number of rotatable bonds is 6. The lowest BCUT2D eigenvalue weighted by Crippen LogP contribution is -2.24. The number of carbonyl (C=O) groups excluding carboxylic acids is 1. The minimum absolute atomic E-state index is 0.126. The first-order valence-electron chi connectivity index (χ1n) is 6.60. The van der Waals surface area contributed by atoms with E-state index in [2.05, 4.69) is 16.3 Å². The fourth-order valence-electron chi connectivity index (χ4n) is 1.89. The molecule has 0 aliphatic heterocycles. The van der Waals surface area contributed by atoms with E-state index in [9.17, 15) is 9.18 Å². The van der Waals surface area contributed by atoms with E-state index in [4.69, 9.17) is 5.73 Å². The Morgan fingerprint density at radius 1 is 1.43 bits per heavy atom. The predicted molar refractivity (Wildman–Crippen MR) is 84.7 cm³/mol. The van der Waals surface area contributed by atoms with Crippen molar-refractivity contribution in [2.24, 2.45) is 0 Å². The topological polar surface area (TPSA) is 58.4 Å². The second kappa shape index (κ2) is 7.19. The van der Waals surface area contributed by atoms with E-state index in [-0.39, 0.29) is 11.6 Å². The molecule has 0 bridgehead atoms. The number of thiophene rings is 1. The van der Waals surface area contributed by atoms with Crippen LogP contribution in [0.4, 0.5) is 15.8 Å². The fourth-order valence-corrected chi connectivity index (χ4v) is 2.68. The van der Waals surface area contributed by atoms with Gasteiger partial charge in [0.25, 0.3) is 0 Å². The third kappa shape index (κ3) is 4.84. The van der Waals surface area contributed by atoms with Gasteiger partial charge in [0, 0.05) is 30.1 Å². The van der Waals surface area contributed by atoms with Gasteiger partial charge in [-0.15, -0.1) is 11.3 Å². The Morgan fingerprint density at radius 2 is 2.24 bits per heavy atom. The summed E-state index contributed by atoms with van der Waals surface area (Å²) in [6.45, 7) is 1.41. The van der Waals surface area contributed by atoms with Crippen molar-refractivity contribution >= 4 is 28.6 Å². The molecule has 2 aromatic rings. The summed E-state index contributed by atoms with van der Waals surface area (Å²) in [6.07, 6.45) is 0.302. The van der Waals surface area contributed by atoms with Crippen LogP contribution in [0.2, 0.25) is 0 Å². The number of benzene rings is 1. The normalized spacial score (nSPS) is 10.8. The van der Waals surface area contributed by atoms with E-state index in [1.54, 1.807) is 11.3 Å². The summed E-state index contributed by atoms with van der Waals surface area (Å²) in [5.74, 6) is -0.706. The molecule has 112 valence electrons. The van der Waals surface area contributed by atoms with Gasteiger partial charge < -0.3 is 16.0 Å². The molecule has 4 nitrogen and oxygen atoms in total. The first-order chi connectivity index (χ1) is 10.0. The van der Waals surface area contributed by atoms with E-state index in [0.717, 1.165) is 6.54 Å². The smallest absolute Gasteiger partial charge is 0.225 e. The second-order valence-electron chi connectivity index (χ2n) is 4.85. The standard InChI is InChI=1S/C15H18FN3OS/c1-19(10-12-3-2-8-21-12)7-6-15(20)18-14-9-11(17)4-5-13(14)16/h2-5,8-9H,6-7,10,17H2,1H3,(H,18,20). The summed E-state index contributed by atoms with van der Waals surface area (Å²) in [4.78, 5) is 15.1. The molecule has 0 unspecified atom stereocenters. The van der Waals surface area contributed by atoms with Crippen LogP contribution in [0, 0.1) is 5.82 Å². The van der Waals surface area contributed by atoms with Crippen molar-refractivity contribution in [3.8, 4) is 0 Å². The molecule has 1 aromatic heterocycles. The van der Waals surface area contributed by atoms with Crippen molar-refractivity contribution in [3.05, 3.63) is 46.4 Å². The van der Waals surface area contributed by atoms with E-state index in [1.807, 2.05) is 18.5 Å². The van der Waals surface area contributed by atoms with Gasteiger partial charge in [0.05, 0.1) is 5.69 Å². The Morgan fingerprint density at radius 3 is 2.95 bits per heavy atom. The van der Waals surface area contributed by atoms with Crippen molar-refractivity contribution < 1.29 is 9.18 Å².